The monoisotopic (exact) mass is 560 g/mol. The Balaban J connectivity index is 0.00000256. The van der Waals surface area contributed by atoms with Crippen LogP contribution in [0.25, 0.3) is 0 Å². The second-order valence-corrected chi connectivity index (χ2v) is 8.83. The topological polar surface area (TPSA) is 7.76 Å². The molecule has 174 valence electrons. The first-order chi connectivity index (χ1) is 14.5. The van der Waals surface area contributed by atoms with Gasteiger partial charge in [-0.2, -0.15) is 0 Å². The van der Waals surface area contributed by atoms with Gasteiger partial charge >= 0.3 is 0 Å². The van der Waals surface area contributed by atoms with Crippen molar-refractivity contribution in [3.05, 3.63) is 94.6 Å². The summed E-state index contributed by atoms with van der Waals surface area (Å²) in [4.78, 5) is 0. The van der Waals surface area contributed by atoms with Crippen molar-refractivity contribution in [1.29, 1.82) is 0 Å². The minimum absolute atomic E-state index is 0. The van der Waals surface area contributed by atoms with Gasteiger partial charge in [0, 0.05) is 36.1 Å². The number of hydrogen-bond acceptors (Lipinski definition) is 0. The Morgan fingerprint density at radius 1 is 0.500 bits per heavy atom. The van der Waals surface area contributed by atoms with Crippen molar-refractivity contribution in [2.24, 2.45) is 0 Å². The van der Waals surface area contributed by atoms with E-state index in [9.17, 15) is 0 Å². The van der Waals surface area contributed by atoms with Gasteiger partial charge in [-0.3, -0.25) is 0 Å². The average molecular weight is 562 g/mol. The van der Waals surface area contributed by atoms with Gasteiger partial charge < -0.3 is 34.0 Å². The quantitative estimate of drug-likeness (QED) is 0.234. The molecule has 0 N–H and O–H groups in total. The SMILES string of the molecule is Cc1cc[n+](CCCCc2ccc(CCCC[n+]3ccc(C)c(C)c3)cc2)cc1C.[Br-].[Br-]. The number of nitrogens with zero attached hydrogens (tertiary/aromatic N) is 2. The van der Waals surface area contributed by atoms with Crippen molar-refractivity contribution in [3.8, 4) is 0 Å². The van der Waals surface area contributed by atoms with Gasteiger partial charge in [0.25, 0.3) is 0 Å². The zero-order chi connectivity index (χ0) is 21.3. The maximum atomic E-state index is 2.33. The molecule has 2 heterocycles. The molecule has 32 heavy (non-hydrogen) atoms. The van der Waals surface area contributed by atoms with E-state index in [1.807, 2.05) is 0 Å². The van der Waals surface area contributed by atoms with Crippen LogP contribution in [0.2, 0.25) is 0 Å². The fourth-order valence-electron chi connectivity index (χ4n) is 3.86. The van der Waals surface area contributed by atoms with Gasteiger partial charge in [0.05, 0.1) is 0 Å². The lowest BCUT2D eigenvalue weighted by molar-refractivity contribution is -0.697. The van der Waals surface area contributed by atoms with Crippen LogP contribution >= 0.6 is 0 Å². The molecular formula is C28H38Br2N2. The average Bonchev–Trinajstić information content (AvgIpc) is 2.74. The van der Waals surface area contributed by atoms with E-state index in [-0.39, 0.29) is 34.0 Å². The normalized spacial score (nSPS) is 10.4. The molecule has 0 aliphatic heterocycles. The van der Waals surface area contributed by atoms with Crippen LogP contribution in [0.5, 0.6) is 0 Å². The molecule has 0 radical (unpaired) electrons. The molecule has 0 aliphatic rings. The third-order valence-electron chi connectivity index (χ3n) is 6.28. The molecule has 0 aliphatic carbocycles. The van der Waals surface area contributed by atoms with Crippen LogP contribution in [-0.4, -0.2) is 0 Å². The summed E-state index contributed by atoms with van der Waals surface area (Å²) in [5, 5.41) is 0. The molecule has 2 nitrogen and oxygen atoms in total. The third-order valence-corrected chi connectivity index (χ3v) is 6.28. The van der Waals surface area contributed by atoms with Crippen LogP contribution < -0.4 is 43.1 Å². The van der Waals surface area contributed by atoms with Gasteiger partial charge in [0.2, 0.25) is 0 Å². The summed E-state index contributed by atoms with van der Waals surface area (Å²) in [6.07, 6.45) is 16.2. The number of hydrogen-bond donors (Lipinski definition) is 0. The summed E-state index contributed by atoms with van der Waals surface area (Å²) in [6.45, 7) is 10.9. The van der Waals surface area contributed by atoms with Crippen LogP contribution in [0.15, 0.2) is 61.2 Å². The van der Waals surface area contributed by atoms with Gasteiger partial charge in [-0.25, -0.2) is 9.13 Å². The molecule has 2 aromatic heterocycles. The number of pyridine rings is 2. The first-order valence-electron chi connectivity index (χ1n) is 11.5. The largest absolute Gasteiger partial charge is 1.00 e. The van der Waals surface area contributed by atoms with E-state index < -0.39 is 0 Å². The third kappa shape index (κ3) is 9.15. The van der Waals surface area contributed by atoms with E-state index in [1.165, 1.54) is 71.9 Å². The molecule has 0 unspecified atom stereocenters. The van der Waals surface area contributed by atoms with Crippen LogP contribution in [0.4, 0.5) is 0 Å². The summed E-state index contributed by atoms with van der Waals surface area (Å²) in [5.74, 6) is 0. The number of aryl methyl sites for hydroxylation is 8. The maximum absolute atomic E-state index is 2.33. The molecule has 4 heteroatoms. The van der Waals surface area contributed by atoms with Crippen molar-refractivity contribution in [1.82, 2.24) is 0 Å². The lowest BCUT2D eigenvalue weighted by atomic mass is 10.0. The molecule has 0 saturated heterocycles. The maximum Gasteiger partial charge on any atom is 0.171 e. The van der Waals surface area contributed by atoms with Crippen LogP contribution in [0.3, 0.4) is 0 Å². The van der Waals surface area contributed by atoms with E-state index in [0.29, 0.717) is 0 Å². The van der Waals surface area contributed by atoms with Crippen LogP contribution in [0.1, 0.15) is 59.1 Å². The number of unbranched alkanes of at least 4 members (excludes halogenated alkanes) is 2. The summed E-state index contributed by atoms with van der Waals surface area (Å²) in [5.41, 5.74) is 8.43. The summed E-state index contributed by atoms with van der Waals surface area (Å²) < 4.78 is 4.64. The minimum atomic E-state index is 0. The van der Waals surface area contributed by atoms with E-state index in [4.69, 9.17) is 0 Å². The standard InChI is InChI=1S/C28H38N2.2BrH/c1-23-15-19-29(21-25(23)3)17-7-5-9-27-11-13-28(14-12-27)10-6-8-18-30-20-16-24(2)26(4)22-30;;/h11-16,19-22H,5-10,17-18H2,1-4H3;2*1H/q+2;;/p-2. The van der Waals surface area contributed by atoms with Gasteiger partial charge in [-0.15, -0.1) is 0 Å². The van der Waals surface area contributed by atoms with E-state index >= 15 is 0 Å². The van der Waals surface area contributed by atoms with Gasteiger partial charge in [-0.05, 0) is 75.6 Å². The van der Waals surface area contributed by atoms with Crippen LogP contribution in [0, 0.1) is 27.7 Å². The van der Waals surface area contributed by atoms with Gasteiger partial charge in [0.1, 0.15) is 13.1 Å². The predicted molar refractivity (Wildman–Crippen MR) is 125 cm³/mol. The Morgan fingerprint density at radius 3 is 1.22 bits per heavy atom. The highest BCUT2D eigenvalue weighted by Crippen LogP contribution is 2.11. The molecular weight excluding hydrogens is 524 g/mol. The van der Waals surface area contributed by atoms with E-state index in [0.717, 1.165) is 13.1 Å². The van der Waals surface area contributed by atoms with E-state index in [2.05, 4.69) is 98.0 Å². The molecule has 0 bridgehead atoms. The lowest BCUT2D eigenvalue weighted by Gasteiger charge is -2.05. The predicted octanol–water partition coefficient (Wildman–Crippen LogP) is -0.451. The van der Waals surface area contributed by atoms with Crippen molar-refractivity contribution < 1.29 is 43.1 Å². The number of rotatable bonds is 10. The smallest absolute Gasteiger partial charge is 0.171 e. The molecule has 0 saturated carbocycles. The second-order valence-electron chi connectivity index (χ2n) is 8.83. The van der Waals surface area contributed by atoms with Crippen molar-refractivity contribution >= 4 is 0 Å². The fourth-order valence-corrected chi connectivity index (χ4v) is 3.86. The Labute approximate surface area is 216 Å². The van der Waals surface area contributed by atoms with E-state index in [1.54, 1.807) is 0 Å². The molecule has 0 amide bonds. The molecule has 3 rings (SSSR count). The Hall–Kier alpha value is -1.52. The highest BCUT2D eigenvalue weighted by Gasteiger charge is 2.05. The molecule has 1 aromatic carbocycles. The minimum Gasteiger partial charge on any atom is -1.00 e. The highest BCUT2D eigenvalue weighted by molar-refractivity contribution is 5.22. The molecule has 0 spiro atoms. The Morgan fingerprint density at radius 2 is 0.875 bits per heavy atom. The summed E-state index contributed by atoms with van der Waals surface area (Å²) in [6, 6.07) is 13.8. The van der Waals surface area contributed by atoms with Gasteiger partial charge in [0.15, 0.2) is 24.8 Å². The Bertz CT molecular complexity index is 874. The van der Waals surface area contributed by atoms with Gasteiger partial charge in [-0.1, -0.05) is 24.3 Å². The zero-order valence-electron chi connectivity index (χ0n) is 20.1. The van der Waals surface area contributed by atoms with Crippen molar-refractivity contribution in [3.63, 3.8) is 0 Å². The molecule has 0 fully saturated rings. The lowest BCUT2D eigenvalue weighted by Crippen LogP contribution is -3.00. The first-order valence-corrected chi connectivity index (χ1v) is 11.5. The first kappa shape index (κ1) is 28.5. The highest BCUT2D eigenvalue weighted by atomic mass is 79.9. The molecule has 0 atom stereocenters. The summed E-state index contributed by atoms with van der Waals surface area (Å²) >= 11 is 0. The van der Waals surface area contributed by atoms with Crippen LogP contribution in [-0.2, 0) is 25.9 Å². The zero-order valence-corrected chi connectivity index (χ0v) is 23.3. The van der Waals surface area contributed by atoms with Crippen molar-refractivity contribution in [2.75, 3.05) is 0 Å². The Kier molecular flexibility index (Phi) is 13.0. The number of aromatic nitrogens is 2. The molecule has 3 aromatic rings. The second kappa shape index (κ2) is 14.6. The fraction of sp³-hybridized carbons (Fsp3) is 0.429. The number of benzene rings is 1. The van der Waals surface area contributed by atoms with Crippen molar-refractivity contribution in [2.45, 2.75) is 79.3 Å². The number of halogens is 2. The summed E-state index contributed by atoms with van der Waals surface area (Å²) in [7, 11) is 0.